The lowest BCUT2D eigenvalue weighted by molar-refractivity contribution is 0.0696. The predicted molar refractivity (Wildman–Crippen MR) is 76.5 cm³/mol. The number of nitrogens with one attached hydrogen (secondary N) is 1. The van der Waals surface area contributed by atoms with Gasteiger partial charge in [0.25, 0.3) is 10.0 Å². The van der Waals surface area contributed by atoms with Crippen molar-refractivity contribution >= 4 is 27.8 Å². The molecule has 20 heavy (non-hydrogen) atoms. The smallest absolute Gasteiger partial charge is 0.337 e. The van der Waals surface area contributed by atoms with Gasteiger partial charge in [-0.1, -0.05) is 6.42 Å². The fourth-order valence-corrected chi connectivity index (χ4v) is 4.26. The zero-order chi connectivity index (χ0) is 14.6. The van der Waals surface area contributed by atoms with Gasteiger partial charge in [0.15, 0.2) is 5.03 Å². The van der Waals surface area contributed by atoms with Crippen LogP contribution in [0.15, 0.2) is 23.4 Å². The van der Waals surface area contributed by atoms with E-state index in [1.807, 2.05) is 0 Å². The van der Waals surface area contributed by atoms with E-state index in [0.29, 0.717) is 11.8 Å². The number of rotatable bonds is 5. The van der Waals surface area contributed by atoms with Crippen LogP contribution in [0, 0.1) is 0 Å². The Morgan fingerprint density at radius 1 is 1.45 bits per heavy atom. The standard InChI is InChI=1S/C12H16N2O4S2/c15-12(16)9-4-5-11(13-7-9)20(17,18)14-8-10-3-1-2-6-19-10/h4-5,7,10,14H,1-3,6,8H2,(H,15,16). The Morgan fingerprint density at radius 2 is 2.25 bits per heavy atom. The molecule has 110 valence electrons. The summed E-state index contributed by atoms with van der Waals surface area (Å²) in [6.45, 7) is 0.384. The molecule has 1 aliphatic heterocycles. The first-order valence-electron chi connectivity index (χ1n) is 6.29. The second kappa shape index (κ2) is 6.55. The second-order valence-corrected chi connectivity index (χ2v) is 7.65. The molecule has 1 aliphatic rings. The van der Waals surface area contributed by atoms with Crippen LogP contribution in [-0.4, -0.2) is 42.0 Å². The van der Waals surface area contributed by atoms with Crippen molar-refractivity contribution in [3.8, 4) is 0 Å². The van der Waals surface area contributed by atoms with Crippen LogP contribution in [0.1, 0.15) is 29.6 Å². The van der Waals surface area contributed by atoms with E-state index in [9.17, 15) is 13.2 Å². The minimum Gasteiger partial charge on any atom is -0.478 e. The molecular formula is C12H16N2O4S2. The summed E-state index contributed by atoms with van der Waals surface area (Å²) in [4.78, 5) is 14.4. The van der Waals surface area contributed by atoms with Gasteiger partial charge in [0.05, 0.1) is 5.56 Å². The highest BCUT2D eigenvalue weighted by molar-refractivity contribution is 8.00. The van der Waals surface area contributed by atoms with Crippen molar-refractivity contribution in [2.24, 2.45) is 0 Å². The Bertz CT molecular complexity index is 566. The average molecular weight is 316 g/mol. The number of sulfonamides is 1. The zero-order valence-corrected chi connectivity index (χ0v) is 12.4. The average Bonchev–Trinajstić information content (AvgIpc) is 2.46. The minimum atomic E-state index is -3.67. The summed E-state index contributed by atoms with van der Waals surface area (Å²) in [6, 6.07) is 2.44. The first kappa shape index (κ1) is 15.3. The number of hydrogen-bond acceptors (Lipinski definition) is 5. The van der Waals surface area contributed by atoms with Crippen LogP contribution in [-0.2, 0) is 10.0 Å². The molecule has 0 saturated carbocycles. The number of nitrogens with zero attached hydrogens (tertiary/aromatic N) is 1. The van der Waals surface area contributed by atoms with E-state index in [2.05, 4.69) is 9.71 Å². The summed E-state index contributed by atoms with van der Waals surface area (Å²) < 4.78 is 26.6. The van der Waals surface area contributed by atoms with Gasteiger partial charge >= 0.3 is 5.97 Å². The molecule has 0 aromatic carbocycles. The van der Waals surface area contributed by atoms with Crippen molar-refractivity contribution in [3.05, 3.63) is 23.9 Å². The number of pyridine rings is 1. The summed E-state index contributed by atoms with van der Waals surface area (Å²) in [6.07, 6.45) is 4.38. The Labute approximate surface area is 122 Å². The molecule has 1 fully saturated rings. The van der Waals surface area contributed by atoms with E-state index in [1.54, 1.807) is 11.8 Å². The first-order valence-corrected chi connectivity index (χ1v) is 8.83. The number of carboxylic acids is 1. The molecule has 1 saturated heterocycles. The van der Waals surface area contributed by atoms with Crippen LogP contribution in [0.3, 0.4) is 0 Å². The summed E-state index contributed by atoms with van der Waals surface area (Å²) in [7, 11) is -3.67. The number of carboxylic acid groups (broad SMARTS) is 1. The topological polar surface area (TPSA) is 96.4 Å². The van der Waals surface area contributed by atoms with E-state index in [1.165, 1.54) is 18.6 Å². The third-order valence-corrected chi connectivity index (χ3v) is 5.77. The molecule has 0 bridgehead atoms. The predicted octanol–water partition coefficient (Wildman–Crippen LogP) is 1.34. The Hall–Kier alpha value is -1.12. The van der Waals surface area contributed by atoms with Crippen molar-refractivity contribution in [1.82, 2.24) is 9.71 Å². The minimum absolute atomic E-state index is 0.0354. The van der Waals surface area contributed by atoms with Gasteiger partial charge in [0.2, 0.25) is 0 Å². The normalized spacial score (nSPS) is 19.7. The first-order chi connectivity index (χ1) is 9.49. The molecule has 0 radical (unpaired) electrons. The fourth-order valence-electron chi connectivity index (χ4n) is 1.91. The van der Waals surface area contributed by atoms with Crippen LogP contribution < -0.4 is 4.72 Å². The van der Waals surface area contributed by atoms with Gasteiger partial charge in [-0.25, -0.2) is 22.9 Å². The van der Waals surface area contributed by atoms with Crippen molar-refractivity contribution in [3.63, 3.8) is 0 Å². The zero-order valence-electron chi connectivity index (χ0n) is 10.8. The fraction of sp³-hybridized carbons (Fsp3) is 0.500. The molecule has 6 nitrogen and oxygen atoms in total. The summed E-state index contributed by atoms with van der Waals surface area (Å²) in [5.41, 5.74) is -0.0354. The quantitative estimate of drug-likeness (QED) is 0.851. The van der Waals surface area contributed by atoms with Crippen LogP contribution >= 0.6 is 11.8 Å². The van der Waals surface area contributed by atoms with Crippen molar-refractivity contribution in [2.75, 3.05) is 12.3 Å². The van der Waals surface area contributed by atoms with Gasteiger partial charge in [-0.3, -0.25) is 0 Å². The van der Waals surface area contributed by atoms with E-state index in [0.717, 1.165) is 24.8 Å². The van der Waals surface area contributed by atoms with E-state index in [4.69, 9.17) is 5.11 Å². The largest absolute Gasteiger partial charge is 0.478 e. The molecule has 1 aromatic rings. The Balaban J connectivity index is 2.00. The van der Waals surface area contributed by atoms with Gasteiger partial charge in [-0.2, -0.15) is 11.8 Å². The van der Waals surface area contributed by atoms with Crippen LogP contribution in [0.4, 0.5) is 0 Å². The lowest BCUT2D eigenvalue weighted by Gasteiger charge is -2.21. The molecule has 1 atom stereocenters. The van der Waals surface area contributed by atoms with Gasteiger partial charge in [-0.05, 0) is 30.7 Å². The van der Waals surface area contributed by atoms with Crippen LogP contribution in [0.5, 0.6) is 0 Å². The lowest BCUT2D eigenvalue weighted by atomic mass is 10.2. The maximum absolute atomic E-state index is 12.0. The second-order valence-electron chi connectivity index (χ2n) is 4.53. The summed E-state index contributed by atoms with van der Waals surface area (Å²) >= 11 is 1.78. The molecular weight excluding hydrogens is 300 g/mol. The Kier molecular flexibility index (Phi) is 5.00. The third kappa shape index (κ3) is 3.94. The van der Waals surface area contributed by atoms with Gasteiger partial charge in [0.1, 0.15) is 0 Å². The molecule has 0 spiro atoms. The summed E-state index contributed by atoms with van der Waals surface area (Å²) in [5, 5.41) is 8.90. The van der Waals surface area contributed by atoms with E-state index >= 15 is 0 Å². The third-order valence-electron chi connectivity index (χ3n) is 3.03. The maximum Gasteiger partial charge on any atom is 0.337 e. The number of hydrogen-bond donors (Lipinski definition) is 2. The molecule has 8 heteroatoms. The number of carbonyl (C=O) groups is 1. The molecule has 2 rings (SSSR count). The molecule has 1 aromatic heterocycles. The van der Waals surface area contributed by atoms with Gasteiger partial charge in [0, 0.05) is 18.0 Å². The van der Waals surface area contributed by atoms with E-state index < -0.39 is 16.0 Å². The molecule has 0 amide bonds. The van der Waals surface area contributed by atoms with Crippen molar-refractivity contribution < 1.29 is 18.3 Å². The number of thioether (sulfide) groups is 1. The highest BCUT2D eigenvalue weighted by atomic mass is 32.2. The summed E-state index contributed by atoms with van der Waals surface area (Å²) in [5.74, 6) is -0.0641. The highest BCUT2D eigenvalue weighted by Crippen LogP contribution is 2.24. The molecule has 2 N–H and O–H groups in total. The van der Waals surface area contributed by atoms with E-state index in [-0.39, 0.29) is 10.6 Å². The SMILES string of the molecule is O=C(O)c1ccc(S(=O)(=O)NCC2CCCCS2)nc1. The van der Waals surface area contributed by atoms with Crippen molar-refractivity contribution in [2.45, 2.75) is 29.5 Å². The van der Waals surface area contributed by atoms with Crippen molar-refractivity contribution in [1.29, 1.82) is 0 Å². The Morgan fingerprint density at radius 3 is 2.80 bits per heavy atom. The monoisotopic (exact) mass is 316 g/mol. The van der Waals surface area contributed by atoms with Crippen LogP contribution in [0.25, 0.3) is 0 Å². The maximum atomic E-state index is 12.0. The molecule has 1 unspecified atom stereocenters. The van der Waals surface area contributed by atoms with Gasteiger partial charge < -0.3 is 5.11 Å². The van der Waals surface area contributed by atoms with Gasteiger partial charge in [-0.15, -0.1) is 0 Å². The van der Waals surface area contributed by atoms with Crippen LogP contribution in [0.2, 0.25) is 0 Å². The number of aromatic nitrogens is 1. The number of aromatic carboxylic acids is 1. The lowest BCUT2D eigenvalue weighted by Crippen LogP contribution is -2.32. The molecule has 0 aliphatic carbocycles. The molecule has 2 heterocycles. The highest BCUT2D eigenvalue weighted by Gasteiger charge is 2.20.